The Bertz CT molecular complexity index is 709. The van der Waals surface area contributed by atoms with Crippen LogP contribution in [0.15, 0.2) is 52.5 Å². The molecule has 0 saturated carbocycles. The quantitative estimate of drug-likeness (QED) is 0.477. The zero-order valence-corrected chi connectivity index (χ0v) is 13.1. The van der Waals surface area contributed by atoms with E-state index in [1.807, 2.05) is 12.1 Å². The van der Waals surface area contributed by atoms with E-state index in [1.165, 1.54) is 37.7 Å². The van der Waals surface area contributed by atoms with Gasteiger partial charge in [0.2, 0.25) is 7.37 Å². The number of nitro benzene ring substituents is 1. The SMILES string of the molecule is COP(C)(=O)c1cc(Sc2ccccn2)ccc1[N+](=O)[O-]. The van der Waals surface area contributed by atoms with Crippen LogP contribution >= 0.6 is 19.1 Å². The number of benzene rings is 1. The highest BCUT2D eigenvalue weighted by Gasteiger charge is 2.28. The van der Waals surface area contributed by atoms with Crippen molar-refractivity contribution in [1.82, 2.24) is 4.98 Å². The van der Waals surface area contributed by atoms with Crippen molar-refractivity contribution < 1.29 is 14.0 Å². The molecule has 0 bridgehead atoms. The summed E-state index contributed by atoms with van der Waals surface area (Å²) in [7, 11) is -1.94. The second kappa shape index (κ2) is 6.39. The topological polar surface area (TPSA) is 82.3 Å². The maximum absolute atomic E-state index is 12.4. The number of hydrogen-bond acceptors (Lipinski definition) is 6. The van der Waals surface area contributed by atoms with Gasteiger partial charge >= 0.3 is 0 Å². The van der Waals surface area contributed by atoms with E-state index in [-0.39, 0.29) is 11.0 Å². The molecule has 8 heteroatoms. The van der Waals surface area contributed by atoms with Crippen molar-refractivity contribution in [1.29, 1.82) is 0 Å². The second-order valence-corrected chi connectivity index (χ2v) is 7.84. The monoisotopic (exact) mass is 324 g/mol. The Morgan fingerprint density at radius 1 is 1.33 bits per heavy atom. The molecule has 1 unspecified atom stereocenters. The Morgan fingerprint density at radius 3 is 2.67 bits per heavy atom. The van der Waals surface area contributed by atoms with Crippen LogP contribution in [0.25, 0.3) is 0 Å². The minimum absolute atomic E-state index is 0.107. The maximum Gasteiger partial charge on any atom is 0.282 e. The van der Waals surface area contributed by atoms with Crippen LogP contribution in [0.2, 0.25) is 0 Å². The first-order chi connectivity index (χ1) is 9.94. The molecule has 1 heterocycles. The highest BCUT2D eigenvalue weighted by atomic mass is 32.2. The van der Waals surface area contributed by atoms with E-state index in [2.05, 4.69) is 4.98 Å². The van der Waals surface area contributed by atoms with E-state index in [9.17, 15) is 14.7 Å². The van der Waals surface area contributed by atoms with Crippen molar-refractivity contribution in [3.8, 4) is 0 Å². The molecule has 0 spiro atoms. The molecule has 1 atom stereocenters. The van der Waals surface area contributed by atoms with E-state index in [1.54, 1.807) is 18.3 Å². The van der Waals surface area contributed by atoms with Crippen LogP contribution < -0.4 is 5.30 Å². The minimum atomic E-state index is -3.22. The number of aromatic nitrogens is 1. The number of nitrogens with zero attached hydrogens (tertiary/aromatic N) is 2. The largest absolute Gasteiger partial charge is 0.329 e. The fraction of sp³-hybridized carbons (Fsp3) is 0.154. The molecular formula is C13H13N2O4PS. The van der Waals surface area contributed by atoms with Crippen LogP contribution in [0.3, 0.4) is 0 Å². The van der Waals surface area contributed by atoms with Gasteiger partial charge in [0, 0.05) is 30.9 Å². The summed E-state index contributed by atoms with van der Waals surface area (Å²) < 4.78 is 17.3. The summed E-state index contributed by atoms with van der Waals surface area (Å²) in [4.78, 5) is 15.4. The lowest BCUT2D eigenvalue weighted by atomic mass is 10.3. The Morgan fingerprint density at radius 2 is 2.10 bits per heavy atom. The first-order valence-electron chi connectivity index (χ1n) is 5.95. The van der Waals surface area contributed by atoms with Gasteiger partial charge in [-0.25, -0.2) is 4.98 Å². The lowest BCUT2D eigenvalue weighted by molar-refractivity contribution is -0.383. The molecule has 110 valence electrons. The molecule has 1 aromatic heterocycles. The molecule has 1 aromatic carbocycles. The highest BCUT2D eigenvalue weighted by Crippen LogP contribution is 2.44. The van der Waals surface area contributed by atoms with Crippen molar-refractivity contribution in [2.45, 2.75) is 9.92 Å². The fourth-order valence-corrected chi connectivity index (χ4v) is 3.72. The van der Waals surface area contributed by atoms with Crippen molar-refractivity contribution in [3.63, 3.8) is 0 Å². The van der Waals surface area contributed by atoms with E-state index in [0.717, 1.165) is 5.03 Å². The van der Waals surface area contributed by atoms with Crippen molar-refractivity contribution in [3.05, 3.63) is 52.7 Å². The van der Waals surface area contributed by atoms with Gasteiger partial charge in [0.25, 0.3) is 5.69 Å². The highest BCUT2D eigenvalue weighted by molar-refractivity contribution is 7.99. The van der Waals surface area contributed by atoms with E-state index in [0.29, 0.717) is 4.90 Å². The summed E-state index contributed by atoms with van der Waals surface area (Å²) in [5.41, 5.74) is -0.201. The van der Waals surface area contributed by atoms with Gasteiger partial charge in [-0.1, -0.05) is 17.8 Å². The lowest BCUT2D eigenvalue weighted by Gasteiger charge is -2.12. The second-order valence-electron chi connectivity index (χ2n) is 4.21. The molecule has 0 N–H and O–H groups in total. The van der Waals surface area contributed by atoms with Crippen LogP contribution in [0.4, 0.5) is 5.69 Å². The number of pyridine rings is 1. The average molecular weight is 324 g/mol. The molecule has 0 aliphatic carbocycles. The number of rotatable bonds is 5. The fourth-order valence-electron chi connectivity index (χ4n) is 1.67. The number of nitro groups is 1. The smallest absolute Gasteiger partial charge is 0.282 e. The predicted octanol–water partition coefficient (Wildman–Crippen LogP) is 3.32. The molecule has 0 amide bonds. The lowest BCUT2D eigenvalue weighted by Crippen LogP contribution is -2.11. The van der Waals surface area contributed by atoms with Gasteiger partial charge in [0.15, 0.2) is 0 Å². The van der Waals surface area contributed by atoms with Crippen LogP contribution in [0, 0.1) is 10.1 Å². The summed E-state index contributed by atoms with van der Waals surface area (Å²) in [6.07, 6.45) is 1.66. The van der Waals surface area contributed by atoms with Gasteiger partial charge < -0.3 is 4.52 Å². The summed E-state index contributed by atoms with van der Waals surface area (Å²) in [6, 6.07) is 9.96. The summed E-state index contributed by atoms with van der Waals surface area (Å²) in [5.74, 6) is 0. The zero-order valence-electron chi connectivity index (χ0n) is 11.4. The van der Waals surface area contributed by atoms with Gasteiger partial charge in [0.1, 0.15) is 10.3 Å². The van der Waals surface area contributed by atoms with Gasteiger partial charge in [-0.3, -0.25) is 14.7 Å². The molecular weight excluding hydrogens is 311 g/mol. The first-order valence-corrected chi connectivity index (χ1v) is 8.84. The summed E-state index contributed by atoms with van der Waals surface area (Å²) in [5, 5.41) is 11.9. The Hall–Kier alpha value is -1.69. The van der Waals surface area contributed by atoms with Crippen LogP contribution in [0.5, 0.6) is 0 Å². The molecule has 6 nitrogen and oxygen atoms in total. The Balaban J connectivity index is 2.45. The van der Waals surface area contributed by atoms with Gasteiger partial charge in [-0.15, -0.1) is 0 Å². The molecule has 2 rings (SSSR count). The van der Waals surface area contributed by atoms with E-state index >= 15 is 0 Å². The average Bonchev–Trinajstić information content (AvgIpc) is 2.48. The maximum atomic E-state index is 12.4. The Kier molecular flexibility index (Phi) is 4.77. The minimum Gasteiger partial charge on any atom is -0.329 e. The molecule has 0 aliphatic heterocycles. The van der Waals surface area contributed by atoms with E-state index < -0.39 is 12.3 Å². The molecule has 2 aromatic rings. The van der Waals surface area contributed by atoms with Gasteiger partial charge in [-0.05, 0) is 24.3 Å². The van der Waals surface area contributed by atoms with Crippen LogP contribution in [0.1, 0.15) is 0 Å². The molecule has 0 fully saturated rings. The third-order valence-electron chi connectivity index (χ3n) is 2.79. The van der Waals surface area contributed by atoms with Crippen molar-refractivity contribution >= 4 is 30.1 Å². The summed E-state index contributed by atoms with van der Waals surface area (Å²) in [6.45, 7) is 1.37. The molecule has 21 heavy (non-hydrogen) atoms. The van der Waals surface area contributed by atoms with Crippen LogP contribution in [-0.2, 0) is 9.09 Å². The van der Waals surface area contributed by atoms with Gasteiger partial charge in [-0.2, -0.15) is 0 Å². The van der Waals surface area contributed by atoms with Crippen LogP contribution in [-0.4, -0.2) is 23.7 Å². The van der Waals surface area contributed by atoms with Crippen molar-refractivity contribution in [2.75, 3.05) is 13.8 Å². The summed E-state index contributed by atoms with van der Waals surface area (Å²) >= 11 is 1.34. The molecule has 0 saturated heterocycles. The zero-order chi connectivity index (χ0) is 15.5. The van der Waals surface area contributed by atoms with Crippen molar-refractivity contribution in [2.24, 2.45) is 0 Å². The van der Waals surface area contributed by atoms with E-state index in [4.69, 9.17) is 4.52 Å². The third-order valence-corrected chi connectivity index (χ3v) is 5.66. The Labute approximate surface area is 126 Å². The first kappa shape index (κ1) is 15.7. The number of hydrogen-bond donors (Lipinski definition) is 0. The normalized spacial score (nSPS) is 13.6. The third kappa shape index (κ3) is 3.69. The molecule has 0 aliphatic rings. The van der Waals surface area contributed by atoms with Gasteiger partial charge in [0.05, 0.1) is 4.92 Å². The predicted molar refractivity (Wildman–Crippen MR) is 81.6 cm³/mol. The molecule has 0 radical (unpaired) electrons. The standard InChI is InChI=1S/C13H13N2O4PS/c1-19-20(2,18)12-9-10(6-7-11(12)15(16)17)21-13-5-3-4-8-14-13/h3-9H,1-2H3.